The van der Waals surface area contributed by atoms with Crippen molar-refractivity contribution in [1.82, 2.24) is 13.7 Å². The van der Waals surface area contributed by atoms with E-state index in [-0.39, 0.29) is 10.5 Å². The van der Waals surface area contributed by atoms with Crippen LogP contribution in [-0.4, -0.2) is 54.3 Å². The van der Waals surface area contributed by atoms with Crippen LogP contribution in [0.5, 0.6) is 0 Å². The second-order valence-electron chi connectivity index (χ2n) is 7.72. The van der Waals surface area contributed by atoms with Crippen LogP contribution in [-0.2, 0) is 14.8 Å². The molecular weight excluding hydrogens is 460 g/mol. The van der Waals surface area contributed by atoms with Crippen molar-refractivity contribution in [2.24, 2.45) is 0 Å². The molecule has 1 aliphatic heterocycles. The second kappa shape index (κ2) is 8.71. The highest BCUT2D eigenvalue weighted by molar-refractivity contribution is 7.89. The Morgan fingerprint density at radius 2 is 1.94 bits per heavy atom. The number of carbonyl (C=O) groups is 1. The maximum Gasteiger partial charge on any atom is 0.256 e. The van der Waals surface area contributed by atoms with Gasteiger partial charge in [-0.1, -0.05) is 12.1 Å². The molecule has 1 aliphatic rings. The fraction of sp³-hybridized carbons (Fsp3) is 0.217. The van der Waals surface area contributed by atoms with Crippen LogP contribution < -0.4 is 5.32 Å². The molecule has 5 rings (SSSR count). The first-order valence-corrected chi connectivity index (χ1v) is 12.8. The van der Waals surface area contributed by atoms with E-state index in [1.165, 1.54) is 27.8 Å². The Kier molecular flexibility index (Phi) is 5.75. The maximum absolute atomic E-state index is 13.2. The van der Waals surface area contributed by atoms with Gasteiger partial charge in [0.2, 0.25) is 10.0 Å². The number of hydrogen-bond donors (Lipinski definition) is 1. The van der Waals surface area contributed by atoms with Crippen LogP contribution in [0.2, 0.25) is 0 Å². The lowest BCUT2D eigenvalue weighted by atomic mass is 10.2. The van der Waals surface area contributed by atoms with Crippen LogP contribution in [0.3, 0.4) is 0 Å². The normalized spacial score (nSPS) is 15.1. The lowest BCUT2D eigenvalue weighted by Gasteiger charge is -2.26. The highest BCUT2D eigenvalue weighted by Crippen LogP contribution is 2.32. The van der Waals surface area contributed by atoms with E-state index in [1.807, 2.05) is 47.2 Å². The predicted molar refractivity (Wildman–Crippen MR) is 127 cm³/mol. The van der Waals surface area contributed by atoms with Gasteiger partial charge in [-0.05, 0) is 54.3 Å². The number of hydrogen-bond acceptors (Lipinski definition) is 6. The van der Waals surface area contributed by atoms with Gasteiger partial charge in [0.1, 0.15) is 17.2 Å². The third-order valence-corrected chi connectivity index (χ3v) is 8.24. The Morgan fingerprint density at radius 1 is 1.12 bits per heavy atom. The minimum atomic E-state index is -3.71. The molecule has 1 amide bonds. The molecule has 1 saturated heterocycles. The second-order valence-corrected chi connectivity index (χ2v) is 10.6. The summed E-state index contributed by atoms with van der Waals surface area (Å²) in [5.74, 6) is 0.132. The number of nitrogens with zero attached hydrogens (tertiary/aromatic N) is 3. The van der Waals surface area contributed by atoms with E-state index in [0.717, 1.165) is 16.1 Å². The molecule has 1 aromatic carbocycles. The molecule has 10 heteroatoms. The van der Waals surface area contributed by atoms with E-state index in [4.69, 9.17) is 9.72 Å². The van der Waals surface area contributed by atoms with E-state index in [1.54, 1.807) is 12.1 Å². The highest BCUT2D eigenvalue weighted by atomic mass is 32.2. The van der Waals surface area contributed by atoms with E-state index in [0.29, 0.717) is 37.8 Å². The van der Waals surface area contributed by atoms with Gasteiger partial charge in [-0.2, -0.15) is 4.31 Å². The summed E-state index contributed by atoms with van der Waals surface area (Å²) in [7, 11) is -3.71. The average molecular weight is 483 g/mol. The highest BCUT2D eigenvalue weighted by Gasteiger charge is 2.27. The van der Waals surface area contributed by atoms with Crippen molar-refractivity contribution in [3.63, 3.8) is 0 Å². The van der Waals surface area contributed by atoms with Crippen molar-refractivity contribution in [3.8, 4) is 10.6 Å². The smallest absolute Gasteiger partial charge is 0.256 e. The first-order valence-electron chi connectivity index (χ1n) is 10.5. The summed E-state index contributed by atoms with van der Waals surface area (Å²) in [5, 5.41) is 4.91. The summed E-state index contributed by atoms with van der Waals surface area (Å²) in [5.41, 5.74) is 2.70. The largest absolute Gasteiger partial charge is 0.379 e. The van der Waals surface area contributed by atoms with Gasteiger partial charge < -0.3 is 10.1 Å². The molecule has 33 heavy (non-hydrogen) atoms. The van der Waals surface area contributed by atoms with Gasteiger partial charge >= 0.3 is 0 Å². The van der Waals surface area contributed by atoms with Gasteiger partial charge in [0.15, 0.2) is 0 Å². The van der Waals surface area contributed by atoms with Gasteiger partial charge in [0.05, 0.1) is 23.0 Å². The van der Waals surface area contributed by atoms with Crippen molar-refractivity contribution in [2.45, 2.75) is 11.8 Å². The number of morpholine rings is 1. The van der Waals surface area contributed by atoms with Gasteiger partial charge in [-0.15, -0.1) is 11.3 Å². The zero-order valence-electron chi connectivity index (χ0n) is 17.9. The number of ether oxygens (including phenoxy) is 1. The van der Waals surface area contributed by atoms with Crippen LogP contribution in [0.25, 0.3) is 16.2 Å². The monoisotopic (exact) mass is 482 g/mol. The first-order chi connectivity index (χ1) is 15.9. The number of imidazole rings is 1. The predicted octanol–water partition coefficient (Wildman–Crippen LogP) is 3.64. The fourth-order valence-corrected chi connectivity index (χ4v) is 5.93. The van der Waals surface area contributed by atoms with Gasteiger partial charge in [-0.25, -0.2) is 13.4 Å². The minimum Gasteiger partial charge on any atom is -0.379 e. The number of amides is 1. The Balaban J connectivity index is 1.50. The quantitative estimate of drug-likeness (QED) is 0.469. The van der Waals surface area contributed by atoms with Crippen molar-refractivity contribution < 1.29 is 17.9 Å². The molecule has 170 valence electrons. The van der Waals surface area contributed by atoms with Crippen molar-refractivity contribution >= 4 is 38.7 Å². The number of nitrogens with one attached hydrogen (secondary N) is 1. The summed E-state index contributed by atoms with van der Waals surface area (Å²) in [6, 6.07) is 13.9. The summed E-state index contributed by atoms with van der Waals surface area (Å²) in [6.07, 6.45) is 1.86. The number of thiophene rings is 1. The molecule has 0 radical (unpaired) electrons. The van der Waals surface area contributed by atoms with E-state index in [2.05, 4.69) is 5.32 Å². The number of pyridine rings is 1. The number of rotatable bonds is 5. The molecule has 1 fully saturated rings. The minimum absolute atomic E-state index is 0.0873. The molecule has 0 spiro atoms. The van der Waals surface area contributed by atoms with E-state index >= 15 is 0 Å². The van der Waals surface area contributed by atoms with E-state index < -0.39 is 15.9 Å². The van der Waals surface area contributed by atoms with Crippen LogP contribution in [0, 0.1) is 6.92 Å². The third kappa shape index (κ3) is 4.18. The van der Waals surface area contributed by atoms with Crippen molar-refractivity contribution in [1.29, 1.82) is 0 Å². The number of anilines is 1. The molecule has 3 aromatic heterocycles. The Morgan fingerprint density at radius 3 is 2.70 bits per heavy atom. The number of carbonyl (C=O) groups excluding carboxylic acids is 1. The lowest BCUT2D eigenvalue weighted by molar-refractivity contribution is 0.0730. The zero-order valence-corrected chi connectivity index (χ0v) is 19.5. The van der Waals surface area contributed by atoms with Crippen molar-refractivity contribution in [2.75, 3.05) is 31.6 Å². The average Bonchev–Trinajstić information content (AvgIpc) is 3.48. The van der Waals surface area contributed by atoms with Crippen molar-refractivity contribution in [3.05, 3.63) is 71.2 Å². The summed E-state index contributed by atoms with van der Waals surface area (Å²) in [4.78, 5) is 19.0. The number of sulfonamides is 1. The van der Waals surface area contributed by atoms with E-state index in [9.17, 15) is 13.2 Å². The third-order valence-electron chi connectivity index (χ3n) is 5.47. The number of aromatic nitrogens is 2. The van der Waals surface area contributed by atoms with Gasteiger partial charge in [-0.3, -0.25) is 9.20 Å². The number of fused-ring (bicyclic) bond motifs is 1. The molecule has 0 bridgehead atoms. The standard InChI is InChI=1S/C23H22N4O4S2/c1-16-7-8-27-20(14-16)24-21(19-6-3-13-32-19)22(27)25-23(28)17-4-2-5-18(15-17)33(29,30)26-9-11-31-12-10-26/h2-8,13-15H,9-12H2,1H3,(H,25,28). The summed E-state index contributed by atoms with van der Waals surface area (Å²) in [6.45, 7) is 3.30. The SMILES string of the molecule is Cc1ccn2c(NC(=O)c3cccc(S(=O)(=O)N4CCOCC4)c3)c(-c3cccs3)nc2c1. The number of benzene rings is 1. The topological polar surface area (TPSA) is 93.0 Å². The Bertz CT molecular complexity index is 1420. The molecule has 0 saturated carbocycles. The van der Waals surface area contributed by atoms with Crippen LogP contribution in [0.1, 0.15) is 15.9 Å². The first kappa shape index (κ1) is 21.8. The molecule has 1 N–H and O–H groups in total. The Labute approximate surface area is 195 Å². The molecular formula is C23H22N4O4S2. The zero-order chi connectivity index (χ0) is 23.0. The van der Waals surface area contributed by atoms with Crippen LogP contribution in [0.4, 0.5) is 5.82 Å². The molecule has 4 aromatic rings. The maximum atomic E-state index is 13.2. The van der Waals surface area contributed by atoms with Gasteiger partial charge in [0, 0.05) is 24.8 Å². The molecule has 0 atom stereocenters. The van der Waals surface area contributed by atoms with Crippen LogP contribution >= 0.6 is 11.3 Å². The molecule has 0 unspecified atom stereocenters. The van der Waals surface area contributed by atoms with Gasteiger partial charge in [0.25, 0.3) is 5.91 Å². The fourth-order valence-electron chi connectivity index (χ4n) is 3.76. The summed E-state index contributed by atoms with van der Waals surface area (Å²) < 4.78 is 34.5. The number of aryl methyl sites for hydroxylation is 1. The molecule has 8 nitrogen and oxygen atoms in total. The van der Waals surface area contributed by atoms with Crippen LogP contribution in [0.15, 0.2) is 65.0 Å². The Hall–Kier alpha value is -3.05. The molecule has 4 heterocycles. The summed E-state index contributed by atoms with van der Waals surface area (Å²) >= 11 is 1.53. The lowest BCUT2D eigenvalue weighted by Crippen LogP contribution is -2.40. The molecule has 0 aliphatic carbocycles.